The molecule has 0 aromatic heterocycles. The SMILES string of the molecule is CCC1=CC(Br)CC=C1OCC(=O)O. The molecule has 0 fully saturated rings. The van der Waals surface area contributed by atoms with Gasteiger partial charge < -0.3 is 9.84 Å². The van der Waals surface area contributed by atoms with Gasteiger partial charge >= 0.3 is 5.97 Å². The Morgan fingerprint density at radius 3 is 3.07 bits per heavy atom. The van der Waals surface area contributed by atoms with E-state index >= 15 is 0 Å². The normalized spacial score (nSPS) is 21.1. The van der Waals surface area contributed by atoms with Gasteiger partial charge in [0.2, 0.25) is 0 Å². The summed E-state index contributed by atoms with van der Waals surface area (Å²) in [5.74, 6) is -0.229. The second-order valence-electron chi connectivity index (χ2n) is 3.05. The number of hydrogen-bond donors (Lipinski definition) is 1. The van der Waals surface area contributed by atoms with Crippen LogP contribution in [0.3, 0.4) is 0 Å². The minimum atomic E-state index is -0.942. The van der Waals surface area contributed by atoms with Crippen LogP contribution in [-0.2, 0) is 9.53 Å². The van der Waals surface area contributed by atoms with E-state index in [9.17, 15) is 4.79 Å². The number of carboxylic acid groups (broad SMARTS) is 1. The van der Waals surface area contributed by atoms with E-state index in [1.165, 1.54) is 0 Å². The number of ether oxygens (including phenoxy) is 1. The summed E-state index contributed by atoms with van der Waals surface area (Å²) in [6.07, 6.45) is 5.70. The van der Waals surface area contributed by atoms with Gasteiger partial charge in [-0.3, -0.25) is 0 Å². The molecule has 1 aliphatic carbocycles. The molecule has 14 heavy (non-hydrogen) atoms. The average molecular weight is 261 g/mol. The first-order chi connectivity index (χ1) is 6.63. The Hall–Kier alpha value is -0.770. The molecule has 1 N–H and O–H groups in total. The number of hydrogen-bond acceptors (Lipinski definition) is 2. The molecule has 0 amide bonds. The van der Waals surface area contributed by atoms with Crippen molar-refractivity contribution in [1.29, 1.82) is 0 Å². The fourth-order valence-corrected chi connectivity index (χ4v) is 1.81. The van der Waals surface area contributed by atoms with Crippen molar-refractivity contribution in [3.05, 3.63) is 23.5 Å². The van der Waals surface area contributed by atoms with E-state index in [2.05, 4.69) is 22.0 Å². The number of aliphatic carboxylic acids is 1. The summed E-state index contributed by atoms with van der Waals surface area (Å²) in [5.41, 5.74) is 1.07. The Bertz CT molecular complexity index is 281. The molecular formula is C10H13BrO3. The standard InChI is InChI=1S/C10H13BrO3/c1-2-7-5-8(11)3-4-9(7)14-6-10(12)13/h4-5,8H,2-3,6H2,1H3,(H,12,13). The third-order valence-electron chi connectivity index (χ3n) is 1.96. The quantitative estimate of drug-likeness (QED) is 0.791. The van der Waals surface area contributed by atoms with Crippen molar-refractivity contribution in [3.63, 3.8) is 0 Å². The highest BCUT2D eigenvalue weighted by atomic mass is 79.9. The molecule has 0 saturated heterocycles. The molecule has 0 saturated carbocycles. The maximum atomic E-state index is 10.3. The Balaban J connectivity index is 2.59. The minimum Gasteiger partial charge on any atom is -0.482 e. The lowest BCUT2D eigenvalue weighted by molar-refractivity contribution is -0.140. The van der Waals surface area contributed by atoms with Gasteiger partial charge in [0.15, 0.2) is 6.61 Å². The summed E-state index contributed by atoms with van der Waals surface area (Å²) >= 11 is 3.48. The summed E-state index contributed by atoms with van der Waals surface area (Å²) in [4.78, 5) is 10.7. The van der Waals surface area contributed by atoms with Crippen LogP contribution in [0.5, 0.6) is 0 Å². The molecule has 1 aliphatic rings. The summed E-state index contributed by atoms with van der Waals surface area (Å²) in [7, 11) is 0. The molecule has 0 aromatic carbocycles. The summed E-state index contributed by atoms with van der Waals surface area (Å²) in [6.45, 7) is 1.75. The highest BCUT2D eigenvalue weighted by Crippen LogP contribution is 2.25. The number of carboxylic acids is 1. The predicted molar refractivity (Wildman–Crippen MR) is 57.4 cm³/mol. The summed E-state index contributed by atoms with van der Waals surface area (Å²) in [5, 5.41) is 8.47. The molecular weight excluding hydrogens is 248 g/mol. The molecule has 0 radical (unpaired) electrons. The molecule has 0 heterocycles. The smallest absolute Gasteiger partial charge is 0.341 e. The molecule has 0 spiro atoms. The van der Waals surface area contributed by atoms with Crippen LogP contribution in [-0.4, -0.2) is 22.5 Å². The molecule has 1 unspecified atom stereocenters. The third kappa shape index (κ3) is 3.18. The maximum Gasteiger partial charge on any atom is 0.341 e. The number of carbonyl (C=O) groups is 1. The van der Waals surface area contributed by atoms with Crippen molar-refractivity contribution in [1.82, 2.24) is 0 Å². The monoisotopic (exact) mass is 260 g/mol. The van der Waals surface area contributed by atoms with Gasteiger partial charge in [0, 0.05) is 4.83 Å². The summed E-state index contributed by atoms with van der Waals surface area (Å²) in [6, 6.07) is 0. The molecule has 78 valence electrons. The van der Waals surface area contributed by atoms with Gasteiger partial charge in [0.1, 0.15) is 5.76 Å². The van der Waals surface area contributed by atoms with Crippen molar-refractivity contribution < 1.29 is 14.6 Å². The highest BCUT2D eigenvalue weighted by molar-refractivity contribution is 9.09. The van der Waals surface area contributed by atoms with E-state index in [0.717, 1.165) is 18.4 Å². The zero-order valence-corrected chi connectivity index (χ0v) is 9.58. The lowest BCUT2D eigenvalue weighted by Crippen LogP contribution is -2.11. The van der Waals surface area contributed by atoms with Crippen LogP contribution in [0.2, 0.25) is 0 Å². The second-order valence-corrected chi connectivity index (χ2v) is 4.22. The van der Waals surface area contributed by atoms with Gasteiger partial charge in [0.05, 0.1) is 0 Å². The topological polar surface area (TPSA) is 46.5 Å². The fourth-order valence-electron chi connectivity index (χ4n) is 1.30. The van der Waals surface area contributed by atoms with Crippen LogP contribution in [0.15, 0.2) is 23.5 Å². The molecule has 3 nitrogen and oxygen atoms in total. The Morgan fingerprint density at radius 2 is 2.50 bits per heavy atom. The Labute approximate surface area is 91.6 Å². The predicted octanol–water partition coefficient (Wildman–Crippen LogP) is 2.48. The molecule has 4 heteroatoms. The maximum absolute atomic E-state index is 10.3. The number of halogens is 1. The molecule has 0 aliphatic heterocycles. The summed E-state index contributed by atoms with van der Waals surface area (Å²) < 4.78 is 5.17. The van der Waals surface area contributed by atoms with Gasteiger partial charge in [-0.15, -0.1) is 0 Å². The van der Waals surface area contributed by atoms with Crippen molar-refractivity contribution >= 4 is 21.9 Å². The number of rotatable bonds is 4. The van der Waals surface area contributed by atoms with Crippen LogP contribution in [0.4, 0.5) is 0 Å². The zero-order chi connectivity index (χ0) is 10.6. The average Bonchev–Trinajstić information content (AvgIpc) is 2.15. The van der Waals surface area contributed by atoms with Gasteiger partial charge in [0.25, 0.3) is 0 Å². The number of alkyl halides is 1. The minimum absolute atomic E-state index is 0.268. The van der Waals surface area contributed by atoms with Crippen LogP contribution in [0.1, 0.15) is 19.8 Å². The van der Waals surface area contributed by atoms with Crippen LogP contribution < -0.4 is 0 Å². The number of allylic oxidation sites excluding steroid dienone is 3. The van der Waals surface area contributed by atoms with Crippen molar-refractivity contribution in [2.75, 3.05) is 6.61 Å². The molecule has 1 rings (SSSR count). The van der Waals surface area contributed by atoms with Crippen LogP contribution in [0.25, 0.3) is 0 Å². The lowest BCUT2D eigenvalue weighted by Gasteiger charge is -2.17. The van der Waals surface area contributed by atoms with Gasteiger partial charge in [-0.25, -0.2) is 4.79 Å². The van der Waals surface area contributed by atoms with Crippen molar-refractivity contribution in [3.8, 4) is 0 Å². The van der Waals surface area contributed by atoms with E-state index < -0.39 is 5.97 Å². The van der Waals surface area contributed by atoms with Crippen molar-refractivity contribution in [2.24, 2.45) is 0 Å². The van der Waals surface area contributed by atoms with Crippen LogP contribution >= 0.6 is 15.9 Å². The second kappa shape index (κ2) is 5.20. The third-order valence-corrected chi connectivity index (χ3v) is 2.60. The molecule has 0 bridgehead atoms. The Kier molecular flexibility index (Phi) is 4.20. The molecule has 0 aromatic rings. The fraction of sp³-hybridized carbons (Fsp3) is 0.500. The van der Waals surface area contributed by atoms with E-state index in [0.29, 0.717) is 10.6 Å². The molecule has 1 atom stereocenters. The van der Waals surface area contributed by atoms with Gasteiger partial charge in [-0.1, -0.05) is 28.9 Å². The van der Waals surface area contributed by atoms with E-state index in [1.807, 2.05) is 13.0 Å². The van der Waals surface area contributed by atoms with Gasteiger partial charge in [-0.05, 0) is 24.5 Å². The van der Waals surface area contributed by atoms with E-state index in [-0.39, 0.29) is 6.61 Å². The van der Waals surface area contributed by atoms with E-state index in [1.54, 1.807) is 0 Å². The zero-order valence-electron chi connectivity index (χ0n) is 8.00. The highest BCUT2D eigenvalue weighted by Gasteiger charge is 2.14. The van der Waals surface area contributed by atoms with Gasteiger partial charge in [-0.2, -0.15) is 0 Å². The first-order valence-corrected chi connectivity index (χ1v) is 5.45. The first kappa shape index (κ1) is 11.3. The van der Waals surface area contributed by atoms with Crippen LogP contribution in [0, 0.1) is 0 Å². The van der Waals surface area contributed by atoms with E-state index in [4.69, 9.17) is 9.84 Å². The lowest BCUT2D eigenvalue weighted by atomic mass is 10.0. The Morgan fingerprint density at radius 1 is 1.79 bits per heavy atom. The van der Waals surface area contributed by atoms with Crippen molar-refractivity contribution in [2.45, 2.75) is 24.6 Å². The first-order valence-electron chi connectivity index (χ1n) is 4.53. The largest absolute Gasteiger partial charge is 0.482 e.